The first-order chi connectivity index (χ1) is 16.2. The van der Waals surface area contributed by atoms with E-state index in [2.05, 4.69) is 56.6 Å². The molecule has 1 saturated heterocycles. The Hall–Kier alpha value is -3.52. The molecule has 0 unspecified atom stereocenters. The number of hydrogen-bond acceptors (Lipinski definition) is 6. The number of pyridine rings is 1. The smallest absolute Gasteiger partial charge is 0.254 e. The Morgan fingerprint density at radius 2 is 2.12 bits per heavy atom. The first kappa shape index (κ1) is 20.1. The number of ether oxygens (including phenoxy) is 1. The van der Waals surface area contributed by atoms with Crippen molar-refractivity contribution < 1.29 is 4.74 Å². The van der Waals surface area contributed by atoms with Crippen molar-refractivity contribution in [3.63, 3.8) is 0 Å². The second-order valence-electron chi connectivity index (χ2n) is 8.97. The van der Waals surface area contributed by atoms with Gasteiger partial charge in [-0.3, -0.25) is 4.79 Å². The van der Waals surface area contributed by atoms with Gasteiger partial charge in [-0.15, -0.1) is 5.10 Å². The highest BCUT2D eigenvalue weighted by molar-refractivity contribution is 5.80. The van der Waals surface area contributed by atoms with Gasteiger partial charge in [0.2, 0.25) is 0 Å². The Balaban J connectivity index is 1.51. The summed E-state index contributed by atoms with van der Waals surface area (Å²) in [5.41, 5.74) is 4.90. The molecule has 6 rings (SSSR count). The Morgan fingerprint density at radius 3 is 3.00 bits per heavy atom. The lowest BCUT2D eigenvalue weighted by molar-refractivity contribution is 0.0924. The maximum absolute atomic E-state index is 13.4. The topological polar surface area (TPSA) is 88.9 Å². The SMILES string of the molecule is Cc1ccc2[nH]c(=O)c([C@@H](c3nnnn3C[C@@H]3CCCO3)N3CCc4ccccc43)cc2c1. The molecule has 0 amide bonds. The third kappa shape index (κ3) is 3.60. The fourth-order valence-corrected chi connectivity index (χ4v) is 5.14. The van der Waals surface area contributed by atoms with E-state index in [9.17, 15) is 4.79 Å². The van der Waals surface area contributed by atoms with Crippen molar-refractivity contribution in [3.8, 4) is 0 Å². The number of nitrogens with one attached hydrogen (secondary N) is 1. The van der Waals surface area contributed by atoms with Gasteiger partial charge in [0.15, 0.2) is 5.82 Å². The lowest BCUT2D eigenvalue weighted by Crippen LogP contribution is -2.35. The number of aryl methyl sites for hydroxylation is 1. The van der Waals surface area contributed by atoms with E-state index >= 15 is 0 Å². The number of aromatic amines is 1. The lowest BCUT2D eigenvalue weighted by atomic mass is 10.0. The summed E-state index contributed by atoms with van der Waals surface area (Å²) in [5.74, 6) is 0.666. The first-order valence-electron chi connectivity index (χ1n) is 11.5. The van der Waals surface area contributed by atoms with E-state index in [1.165, 1.54) is 5.56 Å². The molecular formula is C25H26N6O2. The average molecular weight is 443 g/mol. The summed E-state index contributed by atoms with van der Waals surface area (Å²) in [6, 6.07) is 16.0. The molecule has 2 atom stereocenters. The summed E-state index contributed by atoms with van der Waals surface area (Å²) in [6.45, 7) is 4.20. The predicted molar refractivity (Wildman–Crippen MR) is 125 cm³/mol. The van der Waals surface area contributed by atoms with Gasteiger partial charge >= 0.3 is 0 Å². The van der Waals surface area contributed by atoms with Crippen molar-refractivity contribution in [1.82, 2.24) is 25.2 Å². The molecule has 0 spiro atoms. The van der Waals surface area contributed by atoms with Gasteiger partial charge in [0.05, 0.1) is 12.6 Å². The number of nitrogens with zero attached hydrogens (tertiary/aromatic N) is 5. The van der Waals surface area contributed by atoms with E-state index in [0.29, 0.717) is 17.9 Å². The molecule has 1 N–H and O–H groups in total. The molecule has 2 aliphatic rings. The molecule has 0 bridgehead atoms. The number of para-hydroxylation sites is 1. The minimum atomic E-state index is -0.404. The molecule has 4 aromatic rings. The van der Waals surface area contributed by atoms with Crippen LogP contribution in [0.1, 0.15) is 41.4 Å². The van der Waals surface area contributed by atoms with Crippen LogP contribution in [0.15, 0.2) is 53.3 Å². The number of tetrazole rings is 1. The van der Waals surface area contributed by atoms with E-state index in [1.54, 1.807) is 0 Å². The molecule has 2 aromatic heterocycles. The molecule has 0 aliphatic carbocycles. The monoisotopic (exact) mass is 442 g/mol. The molecule has 8 heteroatoms. The zero-order chi connectivity index (χ0) is 22.4. The highest BCUT2D eigenvalue weighted by Crippen LogP contribution is 2.37. The molecule has 1 fully saturated rings. The van der Waals surface area contributed by atoms with Crippen molar-refractivity contribution in [3.05, 3.63) is 81.4 Å². The average Bonchev–Trinajstić information content (AvgIpc) is 3.58. The Labute approximate surface area is 191 Å². The number of rotatable bonds is 5. The summed E-state index contributed by atoms with van der Waals surface area (Å²) < 4.78 is 7.67. The van der Waals surface area contributed by atoms with Crippen LogP contribution in [0.3, 0.4) is 0 Å². The third-order valence-corrected chi connectivity index (χ3v) is 6.76. The van der Waals surface area contributed by atoms with Crippen molar-refractivity contribution in [2.75, 3.05) is 18.1 Å². The zero-order valence-corrected chi connectivity index (χ0v) is 18.6. The van der Waals surface area contributed by atoms with Crippen molar-refractivity contribution in [1.29, 1.82) is 0 Å². The molecule has 8 nitrogen and oxygen atoms in total. The Bertz CT molecular complexity index is 1370. The van der Waals surface area contributed by atoms with Crippen molar-refractivity contribution >= 4 is 16.6 Å². The quantitative estimate of drug-likeness (QED) is 0.511. The second kappa shape index (κ2) is 8.12. The molecule has 4 heterocycles. The summed E-state index contributed by atoms with van der Waals surface area (Å²) in [5, 5.41) is 13.8. The minimum Gasteiger partial charge on any atom is -0.376 e. The summed E-state index contributed by atoms with van der Waals surface area (Å²) >= 11 is 0. The van der Waals surface area contributed by atoms with Gasteiger partial charge in [-0.2, -0.15) is 0 Å². The predicted octanol–water partition coefficient (Wildman–Crippen LogP) is 3.15. The number of H-pyrrole nitrogens is 1. The van der Waals surface area contributed by atoms with E-state index in [1.807, 2.05) is 28.9 Å². The van der Waals surface area contributed by atoms with E-state index in [-0.39, 0.29) is 11.7 Å². The number of fused-ring (bicyclic) bond motifs is 2. The normalized spacial score (nSPS) is 18.7. The number of anilines is 1. The molecule has 2 aromatic carbocycles. The van der Waals surface area contributed by atoms with Crippen molar-refractivity contribution in [2.45, 2.75) is 44.9 Å². The lowest BCUT2D eigenvalue weighted by Gasteiger charge is -2.29. The number of benzene rings is 2. The van der Waals surface area contributed by atoms with Crippen LogP contribution < -0.4 is 10.5 Å². The van der Waals surface area contributed by atoms with Crippen LogP contribution in [-0.4, -0.2) is 44.4 Å². The van der Waals surface area contributed by atoms with Gasteiger partial charge in [0.1, 0.15) is 6.04 Å². The first-order valence-corrected chi connectivity index (χ1v) is 11.5. The van der Waals surface area contributed by atoms with Crippen LogP contribution in [0.25, 0.3) is 10.9 Å². The van der Waals surface area contributed by atoms with Gasteiger partial charge in [0.25, 0.3) is 5.56 Å². The van der Waals surface area contributed by atoms with Gasteiger partial charge in [-0.05, 0) is 71.8 Å². The van der Waals surface area contributed by atoms with Gasteiger partial charge < -0.3 is 14.6 Å². The van der Waals surface area contributed by atoms with Crippen LogP contribution in [-0.2, 0) is 17.7 Å². The summed E-state index contributed by atoms with van der Waals surface area (Å²) in [7, 11) is 0. The van der Waals surface area contributed by atoms with Crippen LogP contribution in [0.5, 0.6) is 0 Å². The molecule has 0 radical (unpaired) electrons. The molecule has 2 aliphatic heterocycles. The molecule has 168 valence electrons. The van der Waals surface area contributed by atoms with Gasteiger partial charge in [-0.25, -0.2) is 4.68 Å². The number of aromatic nitrogens is 5. The third-order valence-electron chi connectivity index (χ3n) is 6.76. The largest absolute Gasteiger partial charge is 0.376 e. The maximum Gasteiger partial charge on any atom is 0.254 e. The molecule has 33 heavy (non-hydrogen) atoms. The van der Waals surface area contributed by atoms with E-state index < -0.39 is 6.04 Å². The molecular weight excluding hydrogens is 416 g/mol. The maximum atomic E-state index is 13.4. The molecule has 0 saturated carbocycles. The van der Waals surface area contributed by atoms with Crippen molar-refractivity contribution in [2.24, 2.45) is 0 Å². The Kier molecular flexibility index (Phi) is 4.95. The summed E-state index contributed by atoms with van der Waals surface area (Å²) in [6.07, 6.45) is 3.06. The van der Waals surface area contributed by atoms with E-state index in [0.717, 1.165) is 54.6 Å². The fraction of sp³-hybridized carbons (Fsp3) is 0.360. The second-order valence-corrected chi connectivity index (χ2v) is 8.97. The van der Waals surface area contributed by atoms with Crippen LogP contribution in [0.4, 0.5) is 5.69 Å². The minimum absolute atomic E-state index is 0.0938. The highest BCUT2D eigenvalue weighted by Gasteiger charge is 2.34. The zero-order valence-electron chi connectivity index (χ0n) is 18.6. The fourth-order valence-electron chi connectivity index (χ4n) is 5.14. The highest BCUT2D eigenvalue weighted by atomic mass is 16.5. The van der Waals surface area contributed by atoms with Crippen LogP contribution in [0.2, 0.25) is 0 Å². The standard InChI is InChI=1S/C25H26N6O2/c1-16-8-9-21-18(13-16)14-20(25(32)26-21)23(30-11-10-17-5-2-3-7-22(17)30)24-27-28-29-31(24)15-19-6-4-12-33-19/h2-3,5,7-9,13-14,19,23H,4,6,10-12,15H2,1H3,(H,26,32)/t19-,23-/m0/s1. The van der Waals surface area contributed by atoms with Crippen LogP contribution >= 0.6 is 0 Å². The van der Waals surface area contributed by atoms with Crippen LogP contribution in [0, 0.1) is 6.92 Å². The van der Waals surface area contributed by atoms with E-state index in [4.69, 9.17) is 4.74 Å². The van der Waals surface area contributed by atoms with Gasteiger partial charge in [0, 0.05) is 29.9 Å². The summed E-state index contributed by atoms with van der Waals surface area (Å²) in [4.78, 5) is 18.7. The Morgan fingerprint density at radius 1 is 1.21 bits per heavy atom. The van der Waals surface area contributed by atoms with Gasteiger partial charge in [-0.1, -0.05) is 29.8 Å². The number of hydrogen-bond donors (Lipinski definition) is 1.